The first-order valence-corrected chi connectivity index (χ1v) is 3.69. The van der Waals surface area contributed by atoms with Crippen LogP contribution in [0, 0.1) is 0 Å². The second-order valence-corrected chi connectivity index (χ2v) is 2.99. The summed E-state index contributed by atoms with van der Waals surface area (Å²) in [4.78, 5) is 0. The van der Waals surface area contributed by atoms with Gasteiger partial charge >= 0.3 is 0 Å². The molecule has 3 fully saturated rings. The van der Waals surface area contributed by atoms with Crippen molar-refractivity contribution in [3.63, 3.8) is 0 Å². The summed E-state index contributed by atoms with van der Waals surface area (Å²) < 4.78 is 5.37. The first-order valence-electron chi connectivity index (χ1n) is 3.69. The van der Waals surface area contributed by atoms with Crippen LogP contribution in [-0.4, -0.2) is 43.4 Å². The minimum absolute atomic E-state index is 0.388. The molecule has 3 rings (SSSR count). The largest absolute Gasteiger partial charge is 0.378 e. The lowest BCUT2D eigenvalue weighted by Gasteiger charge is -2.32. The first kappa shape index (κ1) is 6.54. The van der Waals surface area contributed by atoms with E-state index in [0.717, 1.165) is 26.3 Å². The molecule has 0 aromatic heterocycles. The molecule has 4 heteroatoms. The van der Waals surface area contributed by atoms with Gasteiger partial charge in [0.25, 0.3) is 0 Å². The van der Waals surface area contributed by atoms with Crippen molar-refractivity contribution >= 4 is 0 Å². The van der Waals surface area contributed by atoms with E-state index in [2.05, 4.69) is 5.32 Å². The van der Waals surface area contributed by atoms with Crippen molar-refractivity contribution < 1.29 is 4.74 Å². The van der Waals surface area contributed by atoms with E-state index in [1.165, 1.54) is 0 Å². The molecule has 0 aromatic carbocycles. The summed E-state index contributed by atoms with van der Waals surface area (Å²) in [5, 5.41) is 5.25. The van der Waals surface area contributed by atoms with E-state index >= 15 is 0 Å². The highest BCUT2D eigenvalue weighted by atomic mass is 16.5. The summed E-state index contributed by atoms with van der Waals surface area (Å²) in [6.45, 7) is 3.48. The molecule has 0 aromatic rings. The van der Waals surface area contributed by atoms with Crippen molar-refractivity contribution in [1.82, 2.24) is 10.3 Å². The average Bonchev–Trinajstić information content (AvgIpc) is 2.20. The number of hydrazine groups is 1. The summed E-state index contributed by atoms with van der Waals surface area (Å²) in [7, 11) is 0. The first-order chi connectivity index (χ1) is 4.86. The SMILES string of the molecule is NN1CC2COCC1CN2. The molecule has 10 heavy (non-hydrogen) atoms. The smallest absolute Gasteiger partial charge is 0.0649 e. The maximum Gasteiger partial charge on any atom is 0.0649 e. The Balaban J connectivity index is 2.07. The van der Waals surface area contributed by atoms with Crippen LogP contribution in [-0.2, 0) is 4.74 Å². The van der Waals surface area contributed by atoms with E-state index in [-0.39, 0.29) is 0 Å². The third-order valence-electron chi connectivity index (χ3n) is 2.17. The molecular formula is C6H13N3O. The molecule has 3 heterocycles. The fraction of sp³-hybridized carbons (Fsp3) is 1.00. The Morgan fingerprint density at radius 3 is 3.20 bits per heavy atom. The van der Waals surface area contributed by atoms with Crippen molar-refractivity contribution in [2.75, 3.05) is 26.3 Å². The van der Waals surface area contributed by atoms with Crippen LogP contribution in [0.2, 0.25) is 0 Å². The zero-order chi connectivity index (χ0) is 6.97. The summed E-state index contributed by atoms with van der Waals surface area (Å²) in [6, 6.07) is 0.836. The molecule has 0 saturated carbocycles. The van der Waals surface area contributed by atoms with E-state index < -0.39 is 0 Å². The molecule has 3 aliphatic rings. The predicted octanol–water partition coefficient (Wildman–Crippen LogP) is -1.47. The number of nitrogens with two attached hydrogens (primary N) is 1. The van der Waals surface area contributed by atoms with E-state index in [1.807, 2.05) is 5.01 Å². The van der Waals surface area contributed by atoms with Gasteiger partial charge in [0.15, 0.2) is 0 Å². The van der Waals surface area contributed by atoms with Gasteiger partial charge in [0, 0.05) is 19.1 Å². The predicted molar refractivity (Wildman–Crippen MR) is 37.3 cm³/mol. The van der Waals surface area contributed by atoms with Gasteiger partial charge in [-0.25, -0.2) is 5.01 Å². The highest BCUT2D eigenvalue weighted by molar-refractivity contribution is 4.86. The van der Waals surface area contributed by atoms with Gasteiger partial charge < -0.3 is 10.1 Å². The van der Waals surface area contributed by atoms with Crippen LogP contribution in [0.3, 0.4) is 0 Å². The molecule has 4 nitrogen and oxygen atoms in total. The zero-order valence-electron chi connectivity index (χ0n) is 5.92. The Morgan fingerprint density at radius 2 is 2.40 bits per heavy atom. The Labute approximate surface area is 60.3 Å². The summed E-state index contributed by atoms with van der Waals surface area (Å²) in [6.07, 6.45) is 0. The molecule has 0 spiro atoms. The van der Waals surface area contributed by atoms with Crippen LogP contribution in [0.4, 0.5) is 0 Å². The molecule has 2 unspecified atom stereocenters. The Bertz CT molecular complexity index is 126. The van der Waals surface area contributed by atoms with Crippen molar-refractivity contribution in [2.45, 2.75) is 12.1 Å². The number of fused-ring (bicyclic) bond motifs is 4. The Kier molecular flexibility index (Phi) is 1.61. The van der Waals surface area contributed by atoms with Gasteiger partial charge in [0.1, 0.15) is 0 Å². The van der Waals surface area contributed by atoms with Crippen LogP contribution in [0.5, 0.6) is 0 Å². The molecule has 0 radical (unpaired) electrons. The van der Waals surface area contributed by atoms with Gasteiger partial charge in [-0.3, -0.25) is 5.84 Å². The number of piperazine rings is 1. The van der Waals surface area contributed by atoms with Crippen molar-refractivity contribution in [3.8, 4) is 0 Å². The van der Waals surface area contributed by atoms with Gasteiger partial charge in [-0.2, -0.15) is 0 Å². The van der Waals surface area contributed by atoms with Crippen molar-refractivity contribution in [2.24, 2.45) is 5.84 Å². The van der Waals surface area contributed by atoms with Crippen LogP contribution in [0.1, 0.15) is 0 Å². The number of nitrogens with one attached hydrogen (secondary N) is 1. The summed E-state index contributed by atoms with van der Waals surface area (Å²) in [5.74, 6) is 5.73. The fourth-order valence-corrected chi connectivity index (χ4v) is 1.50. The normalized spacial score (nSPS) is 41.7. The third-order valence-corrected chi connectivity index (χ3v) is 2.17. The lowest BCUT2D eigenvalue weighted by atomic mass is 10.2. The fourth-order valence-electron chi connectivity index (χ4n) is 1.50. The lowest BCUT2D eigenvalue weighted by Crippen LogP contribution is -2.58. The second kappa shape index (κ2) is 2.47. The summed E-state index contributed by atoms with van der Waals surface area (Å²) in [5.41, 5.74) is 0. The molecular weight excluding hydrogens is 130 g/mol. The maximum atomic E-state index is 5.73. The standard InChI is InChI=1S/C6H13N3O/c7-9-2-5-3-10-4-6(9)1-8-5/h5-6,8H,1-4,7H2. The molecule has 0 aliphatic carbocycles. The molecule has 58 valence electrons. The number of ether oxygens (including phenoxy) is 1. The molecule has 0 amide bonds. The van der Waals surface area contributed by atoms with Gasteiger partial charge in [0.2, 0.25) is 0 Å². The Hall–Kier alpha value is -0.160. The molecule has 2 atom stereocenters. The Morgan fingerprint density at radius 1 is 1.50 bits per heavy atom. The van der Waals surface area contributed by atoms with E-state index in [9.17, 15) is 0 Å². The number of rotatable bonds is 0. The zero-order valence-corrected chi connectivity index (χ0v) is 5.92. The number of hydrogen-bond donors (Lipinski definition) is 2. The quantitative estimate of drug-likeness (QED) is 0.407. The van der Waals surface area contributed by atoms with Gasteiger partial charge in [-0.15, -0.1) is 0 Å². The van der Waals surface area contributed by atoms with E-state index in [4.69, 9.17) is 10.6 Å². The molecule has 3 N–H and O–H groups in total. The maximum absolute atomic E-state index is 5.73. The molecule has 2 bridgehead atoms. The molecule has 3 aliphatic heterocycles. The van der Waals surface area contributed by atoms with Gasteiger partial charge in [-0.05, 0) is 0 Å². The highest BCUT2D eigenvalue weighted by Crippen LogP contribution is 2.08. The van der Waals surface area contributed by atoms with Crippen molar-refractivity contribution in [3.05, 3.63) is 0 Å². The second-order valence-electron chi connectivity index (χ2n) is 2.99. The lowest BCUT2D eigenvalue weighted by molar-refractivity contribution is 0.110. The van der Waals surface area contributed by atoms with Crippen LogP contribution in [0.25, 0.3) is 0 Å². The van der Waals surface area contributed by atoms with Crippen LogP contribution >= 0.6 is 0 Å². The topological polar surface area (TPSA) is 50.5 Å². The monoisotopic (exact) mass is 143 g/mol. The van der Waals surface area contributed by atoms with Crippen LogP contribution in [0.15, 0.2) is 0 Å². The minimum Gasteiger partial charge on any atom is -0.378 e. The number of hydrogen-bond acceptors (Lipinski definition) is 4. The number of nitrogens with zero attached hydrogens (tertiary/aromatic N) is 1. The average molecular weight is 143 g/mol. The minimum atomic E-state index is 0.388. The highest BCUT2D eigenvalue weighted by Gasteiger charge is 2.29. The van der Waals surface area contributed by atoms with Crippen LogP contribution < -0.4 is 11.2 Å². The van der Waals surface area contributed by atoms with E-state index in [0.29, 0.717) is 12.1 Å². The van der Waals surface area contributed by atoms with E-state index in [1.54, 1.807) is 0 Å². The third kappa shape index (κ3) is 1.03. The van der Waals surface area contributed by atoms with Crippen molar-refractivity contribution in [1.29, 1.82) is 0 Å². The van der Waals surface area contributed by atoms with Gasteiger partial charge in [0.05, 0.1) is 19.3 Å². The van der Waals surface area contributed by atoms with Gasteiger partial charge in [-0.1, -0.05) is 0 Å². The summed E-state index contributed by atoms with van der Waals surface area (Å²) >= 11 is 0. The molecule has 3 saturated heterocycles.